The molecule has 0 saturated carbocycles. The molecule has 1 rings (SSSR count). The van der Waals surface area contributed by atoms with Gasteiger partial charge in [-0.05, 0) is 33.2 Å². The lowest BCUT2D eigenvalue weighted by molar-refractivity contribution is 0.199. The topological polar surface area (TPSA) is 44.4 Å². The van der Waals surface area contributed by atoms with Crippen LogP contribution < -0.4 is 10.6 Å². The van der Waals surface area contributed by atoms with Crippen LogP contribution in [0.1, 0.15) is 26.7 Å². The number of nitrogens with zero attached hydrogens (tertiary/aromatic N) is 1. The molecule has 0 aromatic heterocycles. The second-order valence-electron chi connectivity index (χ2n) is 3.96. The number of nitrogens with one attached hydrogen (secondary N) is 2. The van der Waals surface area contributed by atoms with Crippen LogP contribution in [0.3, 0.4) is 0 Å². The predicted octanol–water partition coefficient (Wildman–Crippen LogP) is 0.788. The number of amides is 2. The molecule has 0 aromatic rings. The Morgan fingerprint density at radius 2 is 2.36 bits per heavy atom. The number of carbonyl (C=O) groups excluding carboxylic acids is 1. The molecule has 2 N–H and O–H groups in total. The lowest BCUT2D eigenvalue weighted by Crippen LogP contribution is -2.54. The molecule has 0 aromatic carbocycles. The van der Waals surface area contributed by atoms with E-state index in [2.05, 4.69) is 17.6 Å². The molecule has 2 atom stereocenters. The van der Waals surface area contributed by atoms with Crippen molar-refractivity contribution < 1.29 is 4.79 Å². The molecule has 4 heteroatoms. The number of piperidine rings is 1. The molecule has 0 aliphatic carbocycles. The SMILES string of the molecule is CCN(C)C(=O)NC1CCCNC1C. The van der Waals surface area contributed by atoms with Gasteiger partial charge in [-0.15, -0.1) is 0 Å². The van der Waals surface area contributed by atoms with Crippen molar-refractivity contribution in [3.63, 3.8) is 0 Å². The first-order valence-corrected chi connectivity index (χ1v) is 5.40. The monoisotopic (exact) mass is 199 g/mol. The highest BCUT2D eigenvalue weighted by Crippen LogP contribution is 2.08. The van der Waals surface area contributed by atoms with Gasteiger partial charge in [0.2, 0.25) is 0 Å². The fraction of sp³-hybridized carbons (Fsp3) is 0.900. The number of rotatable bonds is 2. The molecule has 1 aliphatic heterocycles. The van der Waals surface area contributed by atoms with E-state index in [-0.39, 0.29) is 12.1 Å². The summed E-state index contributed by atoms with van der Waals surface area (Å²) in [6.45, 7) is 5.91. The molecular formula is C10H21N3O. The maximum Gasteiger partial charge on any atom is 0.317 e. The van der Waals surface area contributed by atoms with E-state index in [4.69, 9.17) is 0 Å². The summed E-state index contributed by atoms with van der Waals surface area (Å²) in [6, 6.07) is 0.705. The highest BCUT2D eigenvalue weighted by Gasteiger charge is 2.22. The zero-order chi connectivity index (χ0) is 10.6. The summed E-state index contributed by atoms with van der Waals surface area (Å²) in [5, 5.41) is 6.40. The van der Waals surface area contributed by atoms with Crippen molar-refractivity contribution in [1.82, 2.24) is 15.5 Å². The average molecular weight is 199 g/mol. The van der Waals surface area contributed by atoms with Gasteiger partial charge in [-0.25, -0.2) is 4.79 Å². The molecule has 4 nitrogen and oxygen atoms in total. The highest BCUT2D eigenvalue weighted by atomic mass is 16.2. The maximum absolute atomic E-state index is 11.6. The van der Waals surface area contributed by atoms with Crippen molar-refractivity contribution in [2.45, 2.75) is 38.8 Å². The van der Waals surface area contributed by atoms with Crippen LogP contribution in [0.4, 0.5) is 4.79 Å². The third-order valence-electron chi connectivity index (χ3n) is 2.89. The molecule has 0 spiro atoms. The lowest BCUT2D eigenvalue weighted by atomic mass is 10.0. The van der Waals surface area contributed by atoms with Gasteiger partial charge in [0.1, 0.15) is 0 Å². The van der Waals surface area contributed by atoms with Crippen LogP contribution in [0.2, 0.25) is 0 Å². The predicted molar refractivity (Wildman–Crippen MR) is 57.3 cm³/mol. The number of urea groups is 1. The van der Waals surface area contributed by atoms with Crippen molar-refractivity contribution in [2.75, 3.05) is 20.1 Å². The van der Waals surface area contributed by atoms with Gasteiger partial charge in [0.25, 0.3) is 0 Å². The normalized spacial score (nSPS) is 27.1. The molecule has 0 bridgehead atoms. The van der Waals surface area contributed by atoms with Crippen LogP contribution in [0.15, 0.2) is 0 Å². The van der Waals surface area contributed by atoms with Crippen molar-refractivity contribution in [2.24, 2.45) is 0 Å². The molecule has 0 radical (unpaired) electrons. The van der Waals surface area contributed by atoms with Crippen LogP contribution in [0, 0.1) is 0 Å². The van der Waals surface area contributed by atoms with E-state index in [1.807, 2.05) is 14.0 Å². The first kappa shape index (κ1) is 11.3. The maximum atomic E-state index is 11.6. The third kappa shape index (κ3) is 2.87. The van der Waals surface area contributed by atoms with Crippen molar-refractivity contribution >= 4 is 6.03 Å². The van der Waals surface area contributed by atoms with E-state index in [0.717, 1.165) is 25.9 Å². The highest BCUT2D eigenvalue weighted by molar-refractivity contribution is 5.74. The Balaban J connectivity index is 2.38. The minimum absolute atomic E-state index is 0.0352. The van der Waals surface area contributed by atoms with Gasteiger partial charge in [-0.3, -0.25) is 0 Å². The Morgan fingerprint density at radius 3 is 2.93 bits per heavy atom. The molecule has 14 heavy (non-hydrogen) atoms. The first-order valence-electron chi connectivity index (χ1n) is 5.40. The second kappa shape index (κ2) is 5.20. The summed E-state index contributed by atoms with van der Waals surface area (Å²) < 4.78 is 0. The van der Waals surface area contributed by atoms with E-state index in [0.29, 0.717) is 6.04 Å². The van der Waals surface area contributed by atoms with Crippen LogP contribution in [0.5, 0.6) is 0 Å². The van der Waals surface area contributed by atoms with Gasteiger partial charge in [0.15, 0.2) is 0 Å². The van der Waals surface area contributed by atoms with E-state index < -0.39 is 0 Å². The fourth-order valence-electron chi connectivity index (χ4n) is 1.65. The zero-order valence-corrected chi connectivity index (χ0v) is 9.34. The Morgan fingerprint density at radius 1 is 1.64 bits per heavy atom. The smallest absolute Gasteiger partial charge is 0.317 e. The first-order chi connectivity index (χ1) is 6.65. The quantitative estimate of drug-likeness (QED) is 0.690. The van der Waals surface area contributed by atoms with Gasteiger partial charge in [-0.2, -0.15) is 0 Å². The summed E-state index contributed by atoms with van der Waals surface area (Å²) in [6.07, 6.45) is 2.22. The lowest BCUT2D eigenvalue weighted by Gasteiger charge is -2.31. The molecular weight excluding hydrogens is 178 g/mol. The molecule has 1 fully saturated rings. The van der Waals surface area contributed by atoms with Crippen LogP contribution in [-0.2, 0) is 0 Å². The summed E-state index contributed by atoms with van der Waals surface area (Å²) in [5.74, 6) is 0. The van der Waals surface area contributed by atoms with Crippen molar-refractivity contribution in [1.29, 1.82) is 0 Å². The van der Waals surface area contributed by atoms with Crippen LogP contribution in [0.25, 0.3) is 0 Å². The number of hydrogen-bond acceptors (Lipinski definition) is 2. The average Bonchev–Trinajstić information content (AvgIpc) is 2.20. The van der Waals surface area contributed by atoms with E-state index in [1.165, 1.54) is 0 Å². The molecule has 2 unspecified atom stereocenters. The van der Waals surface area contributed by atoms with Gasteiger partial charge < -0.3 is 15.5 Å². The van der Waals surface area contributed by atoms with Crippen LogP contribution >= 0.6 is 0 Å². The summed E-state index contributed by atoms with van der Waals surface area (Å²) >= 11 is 0. The molecule has 1 saturated heterocycles. The van der Waals surface area contributed by atoms with E-state index in [9.17, 15) is 4.79 Å². The summed E-state index contributed by atoms with van der Waals surface area (Å²) in [7, 11) is 1.82. The molecule has 1 heterocycles. The molecule has 1 aliphatic rings. The third-order valence-corrected chi connectivity index (χ3v) is 2.89. The fourth-order valence-corrected chi connectivity index (χ4v) is 1.65. The Kier molecular flexibility index (Phi) is 4.20. The summed E-state index contributed by atoms with van der Waals surface area (Å²) in [5.41, 5.74) is 0. The zero-order valence-electron chi connectivity index (χ0n) is 9.34. The molecule has 82 valence electrons. The van der Waals surface area contributed by atoms with Crippen molar-refractivity contribution in [3.8, 4) is 0 Å². The van der Waals surface area contributed by atoms with E-state index in [1.54, 1.807) is 4.90 Å². The van der Waals surface area contributed by atoms with Gasteiger partial charge in [0.05, 0.1) is 0 Å². The minimum Gasteiger partial charge on any atom is -0.334 e. The Hall–Kier alpha value is -0.770. The van der Waals surface area contributed by atoms with Gasteiger partial charge in [-0.1, -0.05) is 0 Å². The van der Waals surface area contributed by atoms with E-state index >= 15 is 0 Å². The van der Waals surface area contributed by atoms with Gasteiger partial charge in [0, 0.05) is 25.7 Å². The minimum atomic E-state index is 0.0352. The van der Waals surface area contributed by atoms with Crippen molar-refractivity contribution in [3.05, 3.63) is 0 Å². The standard InChI is InChI=1S/C10H21N3O/c1-4-13(3)10(14)12-9-6-5-7-11-8(9)2/h8-9,11H,4-7H2,1-3H3,(H,12,14). The molecule has 2 amide bonds. The number of carbonyl (C=O) groups is 1. The largest absolute Gasteiger partial charge is 0.334 e. The second-order valence-corrected chi connectivity index (χ2v) is 3.96. The van der Waals surface area contributed by atoms with Gasteiger partial charge >= 0.3 is 6.03 Å². The Bertz CT molecular complexity index is 196. The van der Waals surface area contributed by atoms with Crippen LogP contribution in [-0.4, -0.2) is 43.2 Å². The Labute approximate surface area is 86.0 Å². The summed E-state index contributed by atoms with van der Waals surface area (Å²) in [4.78, 5) is 13.3. The number of hydrogen-bond donors (Lipinski definition) is 2.